The molecule has 5 heteroatoms. The topological polar surface area (TPSA) is 47.4 Å². The summed E-state index contributed by atoms with van der Waals surface area (Å²) in [6.45, 7) is 6.04. The van der Waals surface area contributed by atoms with Gasteiger partial charge >= 0.3 is 0 Å². The molecule has 0 radical (unpaired) electrons. The molecule has 0 saturated carbocycles. The minimum absolute atomic E-state index is 0.219. The number of nitrogens with zero attached hydrogens (tertiary/aromatic N) is 3. The zero-order valence-electron chi connectivity index (χ0n) is 18.7. The summed E-state index contributed by atoms with van der Waals surface area (Å²) in [5.74, 6) is 2.40. The first-order chi connectivity index (χ1) is 15.0. The molecule has 0 aliphatic carbocycles. The summed E-state index contributed by atoms with van der Waals surface area (Å²) in [5.41, 5.74) is 4.03. The number of piperidine rings is 1. The molecule has 0 bridgehead atoms. The Hall–Kier alpha value is -3.08. The predicted octanol–water partition coefficient (Wildman–Crippen LogP) is 5.38. The monoisotopic (exact) mass is 417 g/mol. The molecule has 2 heterocycles. The van der Waals surface area contributed by atoms with E-state index >= 15 is 0 Å². The van der Waals surface area contributed by atoms with Crippen LogP contribution in [0.4, 0.5) is 0 Å². The van der Waals surface area contributed by atoms with Crippen molar-refractivity contribution in [2.45, 2.75) is 39.5 Å². The third-order valence-electron chi connectivity index (χ3n) is 6.06. The number of aryl methyl sites for hydroxylation is 2. The van der Waals surface area contributed by atoms with Gasteiger partial charge in [0.25, 0.3) is 0 Å². The first kappa shape index (κ1) is 21.2. The van der Waals surface area contributed by atoms with Gasteiger partial charge in [-0.1, -0.05) is 49.4 Å². The van der Waals surface area contributed by atoms with Crippen molar-refractivity contribution in [1.82, 2.24) is 14.7 Å². The molecule has 1 aliphatic rings. The van der Waals surface area contributed by atoms with Crippen LogP contribution in [0.2, 0.25) is 0 Å². The highest BCUT2D eigenvalue weighted by Crippen LogP contribution is 2.34. The third-order valence-corrected chi connectivity index (χ3v) is 6.06. The number of ether oxygens (including phenoxy) is 1. The van der Waals surface area contributed by atoms with Crippen LogP contribution in [0.1, 0.15) is 37.3 Å². The zero-order valence-corrected chi connectivity index (χ0v) is 18.7. The second-order valence-corrected chi connectivity index (χ2v) is 8.60. The highest BCUT2D eigenvalue weighted by atomic mass is 16.5. The Balaban J connectivity index is 1.61. The summed E-state index contributed by atoms with van der Waals surface area (Å²) < 4.78 is 8.08. The molecule has 0 N–H and O–H groups in total. The Morgan fingerprint density at radius 3 is 2.55 bits per heavy atom. The lowest BCUT2D eigenvalue weighted by Crippen LogP contribution is -2.38. The van der Waals surface area contributed by atoms with E-state index in [1.165, 1.54) is 0 Å². The molecule has 1 aromatic heterocycles. The number of amides is 1. The van der Waals surface area contributed by atoms with E-state index in [9.17, 15) is 4.79 Å². The maximum absolute atomic E-state index is 12.9. The maximum atomic E-state index is 12.9. The van der Waals surface area contributed by atoms with Gasteiger partial charge in [-0.2, -0.15) is 5.10 Å². The second kappa shape index (κ2) is 9.38. The average molecular weight is 418 g/mol. The first-order valence-electron chi connectivity index (χ1n) is 11.1. The molecular formula is C26H31N3O2. The molecule has 31 heavy (non-hydrogen) atoms. The summed E-state index contributed by atoms with van der Waals surface area (Å²) in [7, 11) is 1.90. The lowest BCUT2D eigenvalue weighted by atomic mass is 9.98. The molecule has 1 amide bonds. The van der Waals surface area contributed by atoms with Gasteiger partial charge in [-0.25, -0.2) is 4.68 Å². The van der Waals surface area contributed by atoms with E-state index in [1.807, 2.05) is 61.3 Å². The average Bonchev–Trinajstić information content (AvgIpc) is 3.08. The van der Waals surface area contributed by atoms with Crippen molar-refractivity contribution in [1.29, 1.82) is 0 Å². The van der Waals surface area contributed by atoms with Crippen LogP contribution >= 0.6 is 0 Å². The van der Waals surface area contributed by atoms with Crippen molar-refractivity contribution in [3.8, 4) is 22.9 Å². The van der Waals surface area contributed by atoms with Crippen LogP contribution in [0.25, 0.3) is 11.3 Å². The number of likely N-dealkylation sites (tertiary alicyclic amines) is 1. The summed E-state index contributed by atoms with van der Waals surface area (Å²) in [5, 5.41) is 4.77. The summed E-state index contributed by atoms with van der Waals surface area (Å²) in [6, 6.07) is 18.1. The zero-order chi connectivity index (χ0) is 21.8. The molecule has 4 rings (SSSR count). The maximum Gasteiger partial charge on any atom is 0.222 e. The molecule has 1 aliphatic heterocycles. The molecule has 1 saturated heterocycles. The van der Waals surface area contributed by atoms with Crippen molar-refractivity contribution in [3.63, 3.8) is 0 Å². The lowest BCUT2D eigenvalue weighted by Gasteiger charge is -2.30. The quantitative estimate of drug-likeness (QED) is 0.541. The molecular weight excluding hydrogens is 386 g/mol. The van der Waals surface area contributed by atoms with E-state index < -0.39 is 0 Å². The van der Waals surface area contributed by atoms with Gasteiger partial charge in [0.1, 0.15) is 5.75 Å². The number of hydrogen-bond donors (Lipinski definition) is 0. The van der Waals surface area contributed by atoms with Crippen LogP contribution in [0.15, 0.2) is 54.6 Å². The van der Waals surface area contributed by atoms with Gasteiger partial charge in [-0.3, -0.25) is 4.79 Å². The van der Waals surface area contributed by atoms with Crippen LogP contribution in [0.3, 0.4) is 0 Å². The molecule has 5 nitrogen and oxygen atoms in total. The summed E-state index contributed by atoms with van der Waals surface area (Å²) in [4.78, 5) is 14.9. The Bertz CT molecular complexity index is 1030. The smallest absolute Gasteiger partial charge is 0.222 e. The van der Waals surface area contributed by atoms with E-state index in [0.717, 1.165) is 54.1 Å². The normalized spacial score (nSPS) is 14.6. The first-order valence-corrected chi connectivity index (χ1v) is 11.1. The van der Waals surface area contributed by atoms with Gasteiger partial charge in [-0.15, -0.1) is 0 Å². The Kier molecular flexibility index (Phi) is 6.40. The lowest BCUT2D eigenvalue weighted by molar-refractivity contribution is -0.132. The van der Waals surface area contributed by atoms with Crippen LogP contribution in [0.5, 0.6) is 11.6 Å². The van der Waals surface area contributed by atoms with Gasteiger partial charge in [0.05, 0.1) is 5.69 Å². The fraction of sp³-hybridized carbons (Fsp3) is 0.385. The van der Waals surface area contributed by atoms with E-state index in [4.69, 9.17) is 9.84 Å². The molecule has 3 aromatic rings. The molecule has 0 unspecified atom stereocenters. The van der Waals surface area contributed by atoms with Gasteiger partial charge in [0.15, 0.2) is 0 Å². The number of carbonyl (C=O) groups excluding carboxylic acids is 1. The van der Waals surface area contributed by atoms with Crippen molar-refractivity contribution >= 4 is 5.91 Å². The highest BCUT2D eigenvalue weighted by Gasteiger charge is 2.24. The number of rotatable bonds is 6. The van der Waals surface area contributed by atoms with E-state index in [1.54, 1.807) is 4.68 Å². The van der Waals surface area contributed by atoms with Crippen molar-refractivity contribution in [3.05, 3.63) is 65.7 Å². The second-order valence-electron chi connectivity index (χ2n) is 8.60. The van der Waals surface area contributed by atoms with Crippen molar-refractivity contribution < 1.29 is 9.53 Å². The molecule has 0 spiro atoms. The van der Waals surface area contributed by atoms with Crippen LogP contribution in [0, 0.1) is 12.8 Å². The van der Waals surface area contributed by atoms with Crippen LogP contribution in [-0.4, -0.2) is 33.7 Å². The largest absolute Gasteiger partial charge is 0.439 e. The number of hydrogen-bond acceptors (Lipinski definition) is 3. The SMILES string of the molecule is Cc1cccc(Oc2c(CCC(=O)N3CCC(C)CC3)c(-c3ccccc3)nn2C)c1. The van der Waals surface area contributed by atoms with Crippen molar-refractivity contribution in [2.75, 3.05) is 13.1 Å². The van der Waals surface area contributed by atoms with Gasteiger partial charge in [0, 0.05) is 37.7 Å². The third kappa shape index (κ3) is 4.98. The number of benzene rings is 2. The van der Waals surface area contributed by atoms with Crippen LogP contribution < -0.4 is 4.74 Å². The Morgan fingerprint density at radius 1 is 1.10 bits per heavy atom. The number of aromatic nitrogens is 2. The highest BCUT2D eigenvalue weighted by molar-refractivity contribution is 5.77. The van der Waals surface area contributed by atoms with Gasteiger partial charge < -0.3 is 9.64 Å². The molecule has 2 aromatic carbocycles. The number of carbonyl (C=O) groups is 1. The molecule has 162 valence electrons. The Morgan fingerprint density at radius 2 is 1.84 bits per heavy atom. The standard InChI is InChI=1S/C26H31N3O2/c1-19-14-16-29(17-15-19)24(30)13-12-23-25(21-9-5-4-6-10-21)27-28(3)26(23)31-22-11-7-8-20(2)18-22/h4-11,18-19H,12-17H2,1-3H3. The van der Waals surface area contributed by atoms with Gasteiger partial charge in [-0.05, 0) is 49.8 Å². The Labute approximate surface area is 184 Å². The summed E-state index contributed by atoms with van der Waals surface area (Å²) in [6.07, 6.45) is 3.25. The van der Waals surface area contributed by atoms with E-state index in [2.05, 4.69) is 19.1 Å². The minimum Gasteiger partial charge on any atom is -0.439 e. The van der Waals surface area contributed by atoms with Crippen molar-refractivity contribution in [2.24, 2.45) is 13.0 Å². The van der Waals surface area contributed by atoms with Gasteiger partial charge in [0.2, 0.25) is 11.8 Å². The van der Waals surface area contributed by atoms with E-state index in [0.29, 0.717) is 24.6 Å². The van der Waals surface area contributed by atoms with E-state index in [-0.39, 0.29) is 5.91 Å². The fourth-order valence-electron chi connectivity index (χ4n) is 4.17. The van der Waals surface area contributed by atoms with Crippen LogP contribution in [-0.2, 0) is 18.3 Å². The molecule has 0 atom stereocenters. The fourth-order valence-corrected chi connectivity index (χ4v) is 4.17. The minimum atomic E-state index is 0.219. The molecule has 1 fully saturated rings. The predicted molar refractivity (Wildman–Crippen MR) is 123 cm³/mol. The summed E-state index contributed by atoms with van der Waals surface area (Å²) >= 11 is 0.